The second-order valence-corrected chi connectivity index (χ2v) is 4.72. The lowest BCUT2D eigenvalue weighted by Gasteiger charge is -2.21. The molecule has 5 heteroatoms. The normalized spacial score (nSPS) is 20.0. The number of hydrogen-bond donors (Lipinski definition) is 1. The van der Waals surface area contributed by atoms with E-state index in [1.54, 1.807) is 7.05 Å². The highest BCUT2D eigenvalue weighted by atomic mass is 16.5. The molecule has 2 heterocycles. The predicted molar refractivity (Wildman–Crippen MR) is 63.7 cm³/mol. The Hall–Kier alpha value is -1.52. The predicted octanol–water partition coefficient (Wildman–Crippen LogP) is 2.27. The van der Waals surface area contributed by atoms with E-state index in [1.807, 2.05) is 11.0 Å². The molecule has 1 fully saturated rings. The third-order valence-electron chi connectivity index (χ3n) is 3.19. The second-order valence-electron chi connectivity index (χ2n) is 4.72. The highest BCUT2D eigenvalue weighted by Crippen LogP contribution is 2.33. The van der Waals surface area contributed by atoms with Gasteiger partial charge >= 0.3 is 6.03 Å². The van der Waals surface area contributed by atoms with Crippen LogP contribution in [-0.4, -0.2) is 29.7 Å². The van der Waals surface area contributed by atoms with E-state index in [-0.39, 0.29) is 12.1 Å². The molecule has 1 atom stereocenters. The van der Waals surface area contributed by atoms with Crippen molar-refractivity contribution in [3.8, 4) is 0 Å². The molecule has 1 aliphatic rings. The van der Waals surface area contributed by atoms with Crippen LogP contribution in [0.25, 0.3) is 0 Å². The monoisotopic (exact) mass is 237 g/mol. The van der Waals surface area contributed by atoms with E-state index in [1.165, 1.54) is 0 Å². The first-order chi connectivity index (χ1) is 8.13. The largest absolute Gasteiger partial charge is 0.359 e. The van der Waals surface area contributed by atoms with E-state index in [0.29, 0.717) is 5.92 Å². The van der Waals surface area contributed by atoms with Crippen molar-refractivity contribution in [2.24, 2.45) is 0 Å². The summed E-state index contributed by atoms with van der Waals surface area (Å²) >= 11 is 0. The van der Waals surface area contributed by atoms with Gasteiger partial charge in [-0.15, -0.1) is 0 Å². The molecule has 0 spiro atoms. The first kappa shape index (κ1) is 12.0. The van der Waals surface area contributed by atoms with Gasteiger partial charge in [-0.05, 0) is 18.8 Å². The van der Waals surface area contributed by atoms with Gasteiger partial charge in [0, 0.05) is 19.7 Å². The summed E-state index contributed by atoms with van der Waals surface area (Å²) in [5, 5.41) is 6.71. The maximum Gasteiger partial charge on any atom is 0.317 e. The molecule has 0 aromatic carbocycles. The lowest BCUT2D eigenvalue weighted by molar-refractivity contribution is 0.184. The molecular formula is C12H19N3O2. The van der Waals surface area contributed by atoms with E-state index >= 15 is 0 Å². The minimum Gasteiger partial charge on any atom is -0.359 e. The molecule has 17 heavy (non-hydrogen) atoms. The van der Waals surface area contributed by atoms with Crippen LogP contribution in [0, 0.1) is 0 Å². The third-order valence-corrected chi connectivity index (χ3v) is 3.19. The van der Waals surface area contributed by atoms with Crippen molar-refractivity contribution in [3.63, 3.8) is 0 Å². The zero-order valence-corrected chi connectivity index (χ0v) is 10.6. The minimum atomic E-state index is -0.0463. The number of urea groups is 1. The molecule has 5 nitrogen and oxygen atoms in total. The number of amides is 2. The number of likely N-dealkylation sites (tertiary alicyclic amines) is 1. The Balaban J connectivity index is 2.17. The molecular weight excluding hydrogens is 218 g/mol. The lowest BCUT2D eigenvalue weighted by Crippen LogP contribution is -2.37. The lowest BCUT2D eigenvalue weighted by atomic mass is 10.1. The fourth-order valence-electron chi connectivity index (χ4n) is 2.18. The molecule has 1 unspecified atom stereocenters. The number of rotatable bonds is 2. The number of hydrogen-bond acceptors (Lipinski definition) is 3. The topological polar surface area (TPSA) is 58.4 Å². The molecule has 0 radical (unpaired) electrons. The summed E-state index contributed by atoms with van der Waals surface area (Å²) in [6.45, 7) is 4.93. The van der Waals surface area contributed by atoms with Crippen molar-refractivity contribution in [2.45, 2.75) is 38.6 Å². The van der Waals surface area contributed by atoms with Crippen molar-refractivity contribution >= 4 is 6.03 Å². The molecule has 1 saturated heterocycles. The van der Waals surface area contributed by atoms with Gasteiger partial charge in [-0.1, -0.05) is 19.0 Å². The van der Waals surface area contributed by atoms with Gasteiger partial charge in [-0.3, -0.25) is 0 Å². The number of carbonyl (C=O) groups is 1. The molecule has 0 aliphatic carbocycles. The van der Waals surface area contributed by atoms with Crippen LogP contribution < -0.4 is 5.32 Å². The quantitative estimate of drug-likeness (QED) is 0.858. The molecule has 94 valence electrons. The molecule has 1 aliphatic heterocycles. The van der Waals surface area contributed by atoms with E-state index in [4.69, 9.17) is 4.52 Å². The van der Waals surface area contributed by atoms with Crippen molar-refractivity contribution in [3.05, 3.63) is 17.5 Å². The fourth-order valence-corrected chi connectivity index (χ4v) is 2.18. The first-order valence-electron chi connectivity index (χ1n) is 6.08. The zero-order valence-electron chi connectivity index (χ0n) is 10.6. The van der Waals surface area contributed by atoms with Crippen molar-refractivity contribution in [1.29, 1.82) is 0 Å². The van der Waals surface area contributed by atoms with Crippen LogP contribution in [0.5, 0.6) is 0 Å². The van der Waals surface area contributed by atoms with Gasteiger partial charge < -0.3 is 14.7 Å². The van der Waals surface area contributed by atoms with Gasteiger partial charge in [0.2, 0.25) is 0 Å². The Morgan fingerprint density at radius 2 is 2.41 bits per heavy atom. The summed E-state index contributed by atoms with van der Waals surface area (Å²) in [4.78, 5) is 13.5. The van der Waals surface area contributed by atoms with Gasteiger partial charge in [0.15, 0.2) is 5.76 Å². The Morgan fingerprint density at radius 1 is 1.65 bits per heavy atom. The van der Waals surface area contributed by atoms with Crippen LogP contribution in [0.4, 0.5) is 4.79 Å². The van der Waals surface area contributed by atoms with Crippen molar-refractivity contribution < 1.29 is 9.32 Å². The van der Waals surface area contributed by atoms with Crippen molar-refractivity contribution in [1.82, 2.24) is 15.4 Å². The SMILES string of the molecule is CNC(=O)N1CCCC1c1cc(C(C)C)no1. The van der Waals surface area contributed by atoms with Crippen LogP contribution in [-0.2, 0) is 0 Å². The van der Waals surface area contributed by atoms with Gasteiger partial charge in [-0.2, -0.15) is 0 Å². The Bertz CT molecular complexity index is 400. The maximum absolute atomic E-state index is 11.7. The molecule has 1 aromatic heterocycles. The summed E-state index contributed by atoms with van der Waals surface area (Å²) in [7, 11) is 1.65. The number of carbonyl (C=O) groups excluding carboxylic acids is 1. The second kappa shape index (κ2) is 4.77. The van der Waals surface area contributed by atoms with Gasteiger partial charge in [0.1, 0.15) is 0 Å². The molecule has 1 aromatic rings. The Morgan fingerprint density at radius 3 is 3.00 bits per heavy atom. The van der Waals surface area contributed by atoms with E-state index < -0.39 is 0 Å². The first-order valence-corrected chi connectivity index (χ1v) is 6.08. The average Bonchev–Trinajstić information content (AvgIpc) is 2.95. The van der Waals surface area contributed by atoms with Crippen molar-refractivity contribution in [2.75, 3.05) is 13.6 Å². The van der Waals surface area contributed by atoms with Crippen LogP contribution >= 0.6 is 0 Å². The smallest absolute Gasteiger partial charge is 0.317 e. The number of nitrogens with one attached hydrogen (secondary N) is 1. The maximum atomic E-state index is 11.7. The molecule has 2 amide bonds. The van der Waals surface area contributed by atoms with Gasteiger partial charge in [-0.25, -0.2) is 4.79 Å². The van der Waals surface area contributed by atoms with Crippen LogP contribution in [0.15, 0.2) is 10.6 Å². The van der Waals surface area contributed by atoms with Crippen LogP contribution in [0.3, 0.4) is 0 Å². The standard InChI is InChI=1S/C12H19N3O2/c1-8(2)9-7-11(17-14-9)10-5-4-6-15(10)12(16)13-3/h7-8,10H,4-6H2,1-3H3,(H,13,16). The Labute approximate surface area is 101 Å². The summed E-state index contributed by atoms with van der Waals surface area (Å²) < 4.78 is 5.36. The zero-order chi connectivity index (χ0) is 12.4. The van der Waals surface area contributed by atoms with E-state index in [2.05, 4.69) is 24.3 Å². The summed E-state index contributed by atoms with van der Waals surface area (Å²) in [5.74, 6) is 1.15. The van der Waals surface area contributed by atoms with E-state index in [0.717, 1.165) is 30.8 Å². The Kier molecular flexibility index (Phi) is 3.36. The highest BCUT2D eigenvalue weighted by molar-refractivity contribution is 5.74. The molecule has 0 bridgehead atoms. The van der Waals surface area contributed by atoms with Crippen LogP contribution in [0.1, 0.15) is 50.1 Å². The van der Waals surface area contributed by atoms with E-state index in [9.17, 15) is 4.79 Å². The van der Waals surface area contributed by atoms with Gasteiger partial charge in [0.25, 0.3) is 0 Å². The summed E-state index contributed by atoms with van der Waals surface area (Å²) in [5.41, 5.74) is 0.948. The number of aromatic nitrogens is 1. The highest BCUT2D eigenvalue weighted by Gasteiger charge is 2.32. The average molecular weight is 237 g/mol. The molecule has 0 saturated carbocycles. The minimum absolute atomic E-state index is 0.0370. The third kappa shape index (κ3) is 2.28. The fraction of sp³-hybridized carbons (Fsp3) is 0.667. The summed E-state index contributed by atoms with van der Waals surface area (Å²) in [6, 6.07) is 1.96. The summed E-state index contributed by atoms with van der Waals surface area (Å²) in [6.07, 6.45) is 1.95. The van der Waals surface area contributed by atoms with Gasteiger partial charge in [0.05, 0.1) is 11.7 Å². The molecule has 1 N–H and O–H groups in total. The molecule has 2 rings (SSSR count). The van der Waals surface area contributed by atoms with Crippen LogP contribution in [0.2, 0.25) is 0 Å². The number of nitrogens with zero attached hydrogens (tertiary/aromatic N) is 2.